The number of piperidine rings is 1. The topological polar surface area (TPSA) is 59.1 Å². The highest BCUT2D eigenvalue weighted by molar-refractivity contribution is 6.15. The Morgan fingerprint density at radius 3 is 1.82 bits per heavy atom. The van der Waals surface area contributed by atoms with Crippen LogP contribution in [0.5, 0.6) is 5.75 Å². The quantitative estimate of drug-likeness (QED) is 0.237. The van der Waals surface area contributed by atoms with Crippen molar-refractivity contribution in [1.29, 1.82) is 0 Å². The van der Waals surface area contributed by atoms with E-state index in [1.54, 1.807) is 24.3 Å². The van der Waals surface area contributed by atoms with E-state index < -0.39 is 29.1 Å². The SMILES string of the molecule is CC.O=C1/C(=C/c2ccc(F)c(F)c2)CN(C(=O)c2ccc(OCCN3CCOCC3)cc2)C/C1=C\c1ccc(F)c(F)c1. The van der Waals surface area contributed by atoms with Crippen molar-refractivity contribution < 1.29 is 36.6 Å². The lowest BCUT2D eigenvalue weighted by molar-refractivity contribution is -0.113. The van der Waals surface area contributed by atoms with Gasteiger partial charge in [0.1, 0.15) is 12.4 Å². The van der Waals surface area contributed by atoms with Crippen molar-refractivity contribution >= 4 is 23.8 Å². The van der Waals surface area contributed by atoms with Gasteiger partial charge in [-0.25, -0.2) is 17.6 Å². The number of morpholine rings is 1. The van der Waals surface area contributed by atoms with Crippen LogP contribution in [0.1, 0.15) is 35.3 Å². The van der Waals surface area contributed by atoms with Crippen molar-refractivity contribution in [3.8, 4) is 5.75 Å². The molecule has 44 heavy (non-hydrogen) atoms. The molecule has 6 nitrogen and oxygen atoms in total. The number of Topliss-reactive ketones (excluding diaryl/α,β-unsaturated/α-hetero) is 1. The molecule has 2 saturated heterocycles. The molecule has 3 aromatic carbocycles. The summed E-state index contributed by atoms with van der Waals surface area (Å²) in [6, 6.07) is 13.1. The minimum Gasteiger partial charge on any atom is -0.492 e. The molecule has 1 amide bonds. The number of amides is 1. The average molecular weight is 611 g/mol. The summed E-state index contributed by atoms with van der Waals surface area (Å²) in [6.07, 6.45) is 2.77. The van der Waals surface area contributed by atoms with Crippen LogP contribution in [-0.4, -0.2) is 74.0 Å². The molecule has 0 N–H and O–H groups in total. The number of rotatable bonds is 7. The number of ether oxygens (including phenoxy) is 2. The number of hydrogen-bond donors (Lipinski definition) is 0. The molecule has 0 radical (unpaired) electrons. The number of halogens is 4. The Balaban J connectivity index is 0.00000216. The number of carbonyl (C=O) groups excluding carboxylic acids is 2. The summed E-state index contributed by atoms with van der Waals surface area (Å²) in [5, 5.41) is 0. The number of hydrogen-bond acceptors (Lipinski definition) is 5. The van der Waals surface area contributed by atoms with E-state index in [0.717, 1.165) is 43.9 Å². The first-order valence-electron chi connectivity index (χ1n) is 14.4. The van der Waals surface area contributed by atoms with E-state index in [0.29, 0.717) is 31.1 Å². The zero-order chi connectivity index (χ0) is 31.6. The van der Waals surface area contributed by atoms with Gasteiger partial charge in [0.15, 0.2) is 29.1 Å². The van der Waals surface area contributed by atoms with Gasteiger partial charge in [-0.2, -0.15) is 0 Å². The molecule has 10 heteroatoms. The molecule has 2 aliphatic rings. The smallest absolute Gasteiger partial charge is 0.254 e. The Hall–Kier alpha value is -4.28. The summed E-state index contributed by atoms with van der Waals surface area (Å²) in [4.78, 5) is 30.5. The molecule has 232 valence electrons. The van der Waals surface area contributed by atoms with E-state index in [4.69, 9.17) is 9.47 Å². The second-order valence-corrected chi connectivity index (χ2v) is 10.0. The fraction of sp³-hybridized carbons (Fsp3) is 0.294. The fourth-order valence-corrected chi connectivity index (χ4v) is 4.78. The van der Waals surface area contributed by atoms with Crippen LogP contribution in [-0.2, 0) is 9.53 Å². The third-order valence-corrected chi connectivity index (χ3v) is 7.04. The van der Waals surface area contributed by atoms with Gasteiger partial charge in [-0.3, -0.25) is 14.5 Å². The van der Waals surface area contributed by atoms with Crippen LogP contribution in [0.4, 0.5) is 17.6 Å². The summed E-state index contributed by atoms with van der Waals surface area (Å²) in [7, 11) is 0. The molecule has 0 unspecified atom stereocenters. The zero-order valence-electron chi connectivity index (χ0n) is 24.6. The first-order chi connectivity index (χ1) is 21.3. The largest absolute Gasteiger partial charge is 0.492 e. The lowest BCUT2D eigenvalue weighted by Gasteiger charge is -2.30. The third kappa shape index (κ3) is 8.42. The van der Waals surface area contributed by atoms with E-state index in [9.17, 15) is 27.2 Å². The first-order valence-corrected chi connectivity index (χ1v) is 14.4. The molecule has 0 aromatic heterocycles. The predicted molar refractivity (Wildman–Crippen MR) is 160 cm³/mol. The molecule has 0 atom stereocenters. The van der Waals surface area contributed by atoms with E-state index in [1.165, 1.54) is 29.2 Å². The normalized spacial score (nSPS) is 17.4. The average Bonchev–Trinajstić information content (AvgIpc) is 3.04. The van der Waals surface area contributed by atoms with Crippen molar-refractivity contribution in [2.75, 3.05) is 52.5 Å². The van der Waals surface area contributed by atoms with Crippen LogP contribution in [0.2, 0.25) is 0 Å². The van der Waals surface area contributed by atoms with Crippen molar-refractivity contribution in [2.45, 2.75) is 13.8 Å². The van der Waals surface area contributed by atoms with Crippen LogP contribution in [0, 0.1) is 23.3 Å². The summed E-state index contributed by atoms with van der Waals surface area (Å²) < 4.78 is 65.8. The monoisotopic (exact) mass is 610 g/mol. The fourth-order valence-electron chi connectivity index (χ4n) is 4.78. The number of likely N-dealkylation sites (tertiary alicyclic amines) is 1. The Bertz CT molecular complexity index is 1460. The summed E-state index contributed by atoms with van der Waals surface area (Å²) in [5.41, 5.74) is 1.12. The van der Waals surface area contributed by atoms with Gasteiger partial charge >= 0.3 is 0 Å². The van der Waals surface area contributed by atoms with Gasteiger partial charge in [0.25, 0.3) is 5.91 Å². The number of nitrogens with zero attached hydrogens (tertiary/aromatic N) is 2. The maximum Gasteiger partial charge on any atom is 0.254 e. The molecule has 0 spiro atoms. The second-order valence-electron chi connectivity index (χ2n) is 10.0. The van der Waals surface area contributed by atoms with Crippen LogP contribution in [0.15, 0.2) is 71.8 Å². The van der Waals surface area contributed by atoms with E-state index in [2.05, 4.69) is 4.90 Å². The van der Waals surface area contributed by atoms with Gasteiger partial charge < -0.3 is 14.4 Å². The number of benzene rings is 3. The van der Waals surface area contributed by atoms with E-state index in [-0.39, 0.29) is 41.3 Å². The minimum absolute atomic E-state index is 0.0937. The maximum atomic E-state index is 13.8. The van der Waals surface area contributed by atoms with Gasteiger partial charge in [0.05, 0.1) is 26.3 Å². The molecular formula is C34H34F4N2O4. The summed E-state index contributed by atoms with van der Waals surface area (Å²) >= 11 is 0. The minimum atomic E-state index is -1.08. The van der Waals surface area contributed by atoms with Crippen LogP contribution in [0.3, 0.4) is 0 Å². The standard InChI is InChI=1S/C32H28F4N2O4.C2H6/c33-27-7-1-21(17-29(27)35)15-24-19-38(20-25(31(24)39)16-22-2-8-28(34)30(36)18-22)32(40)23-3-5-26(6-4-23)42-14-11-37-9-12-41-13-10-37;1-2/h1-8,15-18H,9-14,19-20H2;1-2H3/b24-15+,25-16+;. The first kappa shape index (κ1) is 32.6. The zero-order valence-corrected chi connectivity index (χ0v) is 24.6. The second kappa shape index (κ2) is 15.4. The molecule has 2 fully saturated rings. The molecule has 2 heterocycles. The Labute approximate surface area is 254 Å². The van der Waals surface area contributed by atoms with Gasteiger partial charge in [0, 0.05) is 36.3 Å². The lowest BCUT2D eigenvalue weighted by Crippen LogP contribution is -2.41. The van der Waals surface area contributed by atoms with Gasteiger partial charge in [-0.05, 0) is 71.8 Å². The third-order valence-electron chi connectivity index (χ3n) is 7.04. The number of carbonyl (C=O) groups is 2. The van der Waals surface area contributed by atoms with Crippen LogP contribution < -0.4 is 4.74 Å². The van der Waals surface area contributed by atoms with Crippen LogP contribution in [0.25, 0.3) is 12.2 Å². The Morgan fingerprint density at radius 2 is 1.32 bits per heavy atom. The lowest BCUT2D eigenvalue weighted by atomic mass is 9.93. The summed E-state index contributed by atoms with van der Waals surface area (Å²) in [5.74, 6) is -4.44. The highest BCUT2D eigenvalue weighted by Crippen LogP contribution is 2.25. The molecule has 0 aliphatic carbocycles. The molecule has 0 saturated carbocycles. The number of ketones is 1. The Kier molecular flexibility index (Phi) is 11.5. The van der Waals surface area contributed by atoms with Crippen molar-refractivity contribution in [3.63, 3.8) is 0 Å². The van der Waals surface area contributed by atoms with Crippen LogP contribution >= 0.6 is 0 Å². The summed E-state index contributed by atoms with van der Waals surface area (Å²) in [6.45, 7) is 8.17. The molecule has 3 aromatic rings. The Morgan fingerprint density at radius 1 is 0.795 bits per heavy atom. The van der Waals surface area contributed by atoms with Crippen molar-refractivity contribution in [3.05, 3.63) is 112 Å². The van der Waals surface area contributed by atoms with Crippen molar-refractivity contribution in [1.82, 2.24) is 9.80 Å². The molecular weight excluding hydrogens is 576 g/mol. The van der Waals surface area contributed by atoms with E-state index in [1.807, 2.05) is 13.8 Å². The highest BCUT2D eigenvalue weighted by Gasteiger charge is 2.30. The van der Waals surface area contributed by atoms with Gasteiger partial charge in [-0.1, -0.05) is 26.0 Å². The molecule has 5 rings (SSSR count). The van der Waals surface area contributed by atoms with Gasteiger partial charge in [0.2, 0.25) is 0 Å². The molecule has 2 aliphatic heterocycles. The van der Waals surface area contributed by atoms with Gasteiger partial charge in [-0.15, -0.1) is 0 Å². The van der Waals surface area contributed by atoms with Crippen molar-refractivity contribution in [2.24, 2.45) is 0 Å². The highest BCUT2D eigenvalue weighted by atomic mass is 19.2. The van der Waals surface area contributed by atoms with E-state index >= 15 is 0 Å². The predicted octanol–water partition coefficient (Wildman–Crippen LogP) is 6.17. The molecule has 0 bridgehead atoms. The maximum absolute atomic E-state index is 13.8.